The average molecular weight is 355 g/mol. The van der Waals surface area contributed by atoms with E-state index in [0.717, 1.165) is 4.88 Å². The van der Waals surface area contributed by atoms with Gasteiger partial charge in [-0.1, -0.05) is 6.07 Å². The van der Waals surface area contributed by atoms with Crippen molar-refractivity contribution in [3.05, 3.63) is 46.2 Å². The standard InChI is InChI=1S/C18H17N3O3S/c19-11-14(17-2-1-9-25-17)20-5-7-21(8-6-20)18(22)13-3-4-15-16(10-13)24-12-23-15/h1-4,9-10,14H,5-8,12H2. The molecule has 128 valence electrons. The van der Waals surface area contributed by atoms with E-state index < -0.39 is 0 Å². The summed E-state index contributed by atoms with van der Waals surface area (Å²) in [7, 11) is 0. The first-order valence-corrected chi connectivity index (χ1v) is 9.00. The van der Waals surface area contributed by atoms with Crippen molar-refractivity contribution < 1.29 is 14.3 Å². The molecule has 0 spiro atoms. The van der Waals surface area contributed by atoms with Crippen molar-refractivity contribution >= 4 is 17.2 Å². The number of carbonyl (C=O) groups excluding carboxylic acids is 1. The van der Waals surface area contributed by atoms with Crippen molar-refractivity contribution in [2.45, 2.75) is 6.04 Å². The minimum Gasteiger partial charge on any atom is -0.454 e. The van der Waals surface area contributed by atoms with Gasteiger partial charge in [-0.2, -0.15) is 5.26 Å². The molecule has 1 atom stereocenters. The number of fused-ring (bicyclic) bond motifs is 1. The molecule has 1 aromatic heterocycles. The maximum Gasteiger partial charge on any atom is 0.254 e. The number of thiophene rings is 1. The van der Waals surface area contributed by atoms with E-state index >= 15 is 0 Å². The van der Waals surface area contributed by atoms with Gasteiger partial charge in [-0.15, -0.1) is 11.3 Å². The molecule has 1 amide bonds. The fourth-order valence-corrected chi connectivity index (χ4v) is 3.97. The van der Waals surface area contributed by atoms with Crippen LogP contribution in [0.1, 0.15) is 21.3 Å². The average Bonchev–Trinajstić information content (AvgIpc) is 3.33. The molecule has 1 saturated heterocycles. The summed E-state index contributed by atoms with van der Waals surface area (Å²) in [6, 6.07) is 11.4. The minimum absolute atomic E-state index is 0.0115. The largest absolute Gasteiger partial charge is 0.454 e. The molecule has 1 unspecified atom stereocenters. The Morgan fingerprint density at radius 1 is 1.16 bits per heavy atom. The molecule has 7 heteroatoms. The summed E-state index contributed by atoms with van der Waals surface area (Å²) in [5.74, 6) is 1.28. The van der Waals surface area contributed by atoms with Crippen LogP contribution in [0.15, 0.2) is 35.7 Å². The second kappa shape index (κ2) is 6.75. The molecule has 2 aliphatic rings. The predicted octanol–water partition coefficient (Wildman–Crippen LogP) is 2.50. The lowest BCUT2D eigenvalue weighted by Gasteiger charge is -2.36. The Morgan fingerprint density at radius 2 is 1.96 bits per heavy atom. The zero-order valence-electron chi connectivity index (χ0n) is 13.6. The van der Waals surface area contributed by atoms with Crippen molar-refractivity contribution in [1.82, 2.24) is 9.80 Å². The number of nitriles is 1. The molecule has 3 heterocycles. The Morgan fingerprint density at radius 3 is 2.68 bits per heavy atom. The van der Waals surface area contributed by atoms with Gasteiger partial charge in [-0.3, -0.25) is 9.69 Å². The second-order valence-corrected chi connectivity index (χ2v) is 6.92. The van der Waals surface area contributed by atoms with Crippen LogP contribution in [0.3, 0.4) is 0 Å². The molecule has 0 saturated carbocycles. The van der Waals surface area contributed by atoms with Gasteiger partial charge in [0.05, 0.1) is 6.07 Å². The number of piperazine rings is 1. The van der Waals surface area contributed by atoms with Crippen molar-refractivity contribution in [2.24, 2.45) is 0 Å². The summed E-state index contributed by atoms with van der Waals surface area (Å²) >= 11 is 1.59. The van der Waals surface area contributed by atoms with Crippen LogP contribution >= 0.6 is 11.3 Å². The molecular weight excluding hydrogens is 338 g/mol. The number of ether oxygens (including phenoxy) is 2. The highest BCUT2D eigenvalue weighted by molar-refractivity contribution is 7.10. The third-order valence-corrected chi connectivity index (χ3v) is 5.45. The van der Waals surface area contributed by atoms with E-state index in [0.29, 0.717) is 43.2 Å². The fourth-order valence-electron chi connectivity index (χ4n) is 3.17. The Hall–Kier alpha value is -2.56. The Balaban J connectivity index is 1.41. The topological polar surface area (TPSA) is 65.8 Å². The van der Waals surface area contributed by atoms with Gasteiger partial charge >= 0.3 is 0 Å². The molecule has 0 radical (unpaired) electrons. The minimum atomic E-state index is -0.234. The highest BCUT2D eigenvalue weighted by Crippen LogP contribution is 2.33. The monoisotopic (exact) mass is 355 g/mol. The number of benzene rings is 1. The van der Waals surface area contributed by atoms with E-state index in [9.17, 15) is 10.1 Å². The smallest absolute Gasteiger partial charge is 0.254 e. The van der Waals surface area contributed by atoms with E-state index in [1.165, 1.54) is 0 Å². The first-order valence-electron chi connectivity index (χ1n) is 8.12. The van der Waals surface area contributed by atoms with Gasteiger partial charge in [0.2, 0.25) is 6.79 Å². The first kappa shape index (κ1) is 15.9. The lowest BCUT2D eigenvalue weighted by Crippen LogP contribution is -2.49. The van der Waals surface area contributed by atoms with Gasteiger partial charge in [-0.05, 0) is 29.6 Å². The summed E-state index contributed by atoms with van der Waals surface area (Å²) in [6.45, 7) is 2.79. The number of nitrogens with zero attached hydrogens (tertiary/aromatic N) is 3. The van der Waals surface area contributed by atoms with E-state index in [2.05, 4.69) is 11.0 Å². The normalized spacial score (nSPS) is 18.0. The van der Waals surface area contributed by atoms with E-state index in [1.54, 1.807) is 29.5 Å². The van der Waals surface area contributed by atoms with Gasteiger partial charge in [0.1, 0.15) is 6.04 Å². The van der Waals surface area contributed by atoms with Gasteiger partial charge in [0.25, 0.3) is 5.91 Å². The fraction of sp³-hybridized carbons (Fsp3) is 0.333. The number of hydrogen-bond donors (Lipinski definition) is 0. The molecule has 4 rings (SSSR count). The molecule has 0 bridgehead atoms. The predicted molar refractivity (Wildman–Crippen MR) is 92.7 cm³/mol. The van der Waals surface area contributed by atoms with Crippen molar-refractivity contribution in [1.29, 1.82) is 5.26 Å². The summed E-state index contributed by atoms with van der Waals surface area (Å²) in [5, 5.41) is 11.5. The maximum absolute atomic E-state index is 12.7. The van der Waals surface area contributed by atoms with Crippen LogP contribution in [0.5, 0.6) is 11.5 Å². The van der Waals surface area contributed by atoms with Gasteiger partial charge in [0, 0.05) is 36.6 Å². The Bertz CT molecular complexity index is 807. The summed E-state index contributed by atoms with van der Waals surface area (Å²) in [5.41, 5.74) is 0.604. The lowest BCUT2D eigenvalue weighted by atomic mass is 10.1. The van der Waals surface area contributed by atoms with Gasteiger partial charge in [-0.25, -0.2) is 0 Å². The number of hydrogen-bond acceptors (Lipinski definition) is 6. The van der Waals surface area contributed by atoms with Gasteiger partial charge < -0.3 is 14.4 Å². The first-order chi connectivity index (χ1) is 12.3. The molecule has 2 aliphatic heterocycles. The van der Waals surface area contributed by atoms with Crippen molar-refractivity contribution in [2.75, 3.05) is 33.0 Å². The van der Waals surface area contributed by atoms with Crippen LogP contribution in [-0.4, -0.2) is 48.7 Å². The zero-order valence-corrected chi connectivity index (χ0v) is 14.4. The zero-order chi connectivity index (χ0) is 17.2. The van der Waals surface area contributed by atoms with Crippen LogP contribution in [0.2, 0.25) is 0 Å². The maximum atomic E-state index is 12.7. The molecule has 6 nitrogen and oxygen atoms in total. The molecule has 2 aromatic rings. The molecule has 0 aliphatic carbocycles. The van der Waals surface area contributed by atoms with Crippen LogP contribution in [0.25, 0.3) is 0 Å². The third-order valence-electron chi connectivity index (χ3n) is 4.52. The summed E-state index contributed by atoms with van der Waals surface area (Å²) in [4.78, 5) is 17.7. The van der Waals surface area contributed by atoms with Crippen LogP contribution in [-0.2, 0) is 0 Å². The molecule has 1 aromatic carbocycles. The molecule has 25 heavy (non-hydrogen) atoms. The molecular formula is C18H17N3O3S. The Labute approximate surface area is 149 Å². The second-order valence-electron chi connectivity index (χ2n) is 5.94. The van der Waals surface area contributed by atoms with Crippen molar-refractivity contribution in [3.63, 3.8) is 0 Å². The number of carbonyl (C=O) groups is 1. The molecule has 1 fully saturated rings. The van der Waals surface area contributed by atoms with Crippen LogP contribution in [0.4, 0.5) is 0 Å². The van der Waals surface area contributed by atoms with E-state index in [-0.39, 0.29) is 18.7 Å². The van der Waals surface area contributed by atoms with E-state index in [1.807, 2.05) is 22.4 Å². The summed E-state index contributed by atoms with van der Waals surface area (Å²) in [6.07, 6.45) is 0. The van der Waals surface area contributed by atoms with Crippen molar-refractivity contribution in [3.8, 4) is 17.6 Å². The number of amides is 1. The SMILES string of the molecule is N#CC(c1cccs1)N1CCN(C(=O)c2ccc3c(c2)OCO3)CC1. The van der Waals surface area contributed by atoms with Crippen LogP contribution in [0, 0.1) is 11.3 Å². The lowest BCUT2D eigenvalue weighted by molar-refractivity contribution is 0.0608. The van der Waals surface area contributed by atoms with E-state index in [4.69, 9.17) is 9.47 Å². The highest BCUT2D eigenvalue weighted by Gasteiger charge is 2.28. The third kappa shape index (κ3) is 3.06. The summed E-state index contributed by atoms with van der Waals surface area (Å²) < 4.78 is 10.6. The van der Waals surface area contributed by atoms with Gasteiger partial charge in [0.15, 0.2) is 11.5 Å². The molecule has 0 N–H and O–H groups in total. The highest BCUT2D eigenvalue weighted by atomic mass is 32.1. The van der Waals surface area contributed by atoms with Crippen LogP contribution < -0.4 is 9.47 Å². The quantitative estimate of drug-likeness (QED) is 0.846. The number of rotatable bonds is 3. The Kier molecular flexibility index (Phi) is 4.30.